The predicted molar refractivity (Wildman–Crippen MR) is 65.4 cm³/mol. The SMILES string of the molecule is CCC(CCO)NCc1csc(COC)n1. The summed E-state index contributed by atoms with van der Waals surface area (Å²) < 4.78 is 5.02. The van der Waals surface area contributed by atoms with Crippen LogP contribution in [-0.4, -0.2) is 29.8 Å². The maximum atomic E-state index is 8.87. The minimum absolute atomic E-state index is 0.234. The molecule has 0 radical (unpaired) electrons. The quantitative estimate of drug-likeness (QED) is 0.728. The maximum Gasteiger partial charge on any atom is 0.119 e. The summed E-state index contributed by atoms with van der Waals surface area (Å²) in [5.74, 6) is 0. The summed E-state index contributed by atoms with van der Waals surface area (Å²) in [5, 5.41) is 15.3. The molecule has 0 spiro atoms. The highest BCUT2D eigenvalue weighted by molar-refractivity contribution is 7.09. The number of nitrogens with one attached hydrogen (secondary N) is 1. The number of rotatable bonds is 8. The largest absolute Gasteiger partial charge is 0.396 e. The highest BCUT2D eigenvalue weighted by Crippen LogP contribution is 2.11. The lowest BCUT2D eigenvalue weighted by Gasteiger charge is -2.14. The number of nitrogens with zero attached hydrogens (tertiary/aromatic N) is 1. The number of hydrogen-bond acceptors (Lipinski definition) is 5. The smallest absolute Gasteiger partial charge is 0.119 e. The minimum Gasteiger partial charge on any atom is -0.396 e. The summed E-state index contributed by atoms with van der Waals surface area (Å²) in [7, 11) is 1.67. The summed E-state index contributed by atoms with van der Waals surface area (Å²) in [4.78, 5) is 4.43. The van der Waals surface area contributed by atoms with Crippen molar-refractivity contribution in [1.82, 2.24) is 10.3 Å². The van der Waals surface area contributed by atoms with Crippen LogP contribution in [0.1, 0.15) is 30.5 Å². The third-order valence-corrected chi connectivity index (χ3v) is 3.28. The topological polar surface area (TPSA) is 54.4 Å². The zero-order valence-electron chi connectivity index (χ0n) is 9.90. The van der Waals surface area contributed by atoms with Crippen LogP contribution in [0.25, 0.3) is 0 Å². The average molecular weight is 244 g/mol. The summed E-state index contributed by atoms with van der Waals surface area (Å²) in [6.07, 6.45) is 1.82. The Hall–Kier alpha value is -0.490. The Labute approximate surface area is 101 Å². The molecule has 0 saturated heterocycles. The standard InChI is InChI=1S/C11H20N2O2S/c1-3-9(4-5-14)12-6-10-8-16-11(13-10)7-15-2/h8-9,12,14H,3-7H2,1-2H3. The van der Waals surface area contributed by atoms with E-state index in [9.17, 15) is 0 Å². The first-order valence-electron chi connectivity index (χ1n) is 5.56. The van der Waals surface area contributed by atoms with Crippen LogP contribution < -0.4 is 5.32 Å². The molecular weight excluding hydrogens is 224 g/mol. The van der Waals surface area contributed by atoms with Crippen molar-refractivity contribution < 1.29 is 9.84 Å². The average Bonchev–Trinajstić information content (AvgIpc) is 2.72. The number of aliphatic hydroxyl groups excluding tert-OH is 1. The zero-order valence-corrected chi connectivity index (χ0v) is 10.7. The maximum absolute atomic E-state index is 8.87. The van der Waals surface area contributed by atoms with Crippen molar-refractivity contribution in [1.29, 1.82) is 0 Å². The molecule has 2 N–H and O–H groups in total. The van der Waals surface area contributed by atoms with E-state index in [1.54, 1.807) is 18.4 Å². The van der Waals surface area contributed by atoms with Crippen LogP contribution in [0.2, 0.25) is 0 Å². The zero-order chi connectivity index (χ0) is 11.8. The van der Waals surface area contributed by atoms with Crippen molar-refractivity contribution in [3.63, 3.8) is 0 Å². The molecule has 0 aliphatic carbocycles. The van der Waals surface area contributed by atoms with Crippen LogP contribution in [0.5, 0.6) is 0 Å². The van der Waals surface area contributed by atoms with E-state index in [1.165, 1.54) is 0 Å². The van der Waals surface area contributed by atoms with Gasteiger partial charge in [0.2, 0.25) is 0 Å². The number of aromatic nitrogens is 1. The van der Waals surface area contributed by atoms with E-state index < -0.39 is 0 Å². The number of hydrogen-bond donors (Lipinski definition) is 2. The van der Waals surface area contributed by atoms with Gasteiger partial charge in [-0.05, 0) is 12.8 Å². The third-order valence-electron chi connectivity index (χ3n) is 2.41. The Morgan fingerprint density at radius 3 is 3.06 bits per heavy atom. The van der Waals surface area contributed by atoms with Gasteiger partial charge in [0.05, 0.1) is 12.3 Å². The number of thiazole rings is 1. The van der Waals surface area contributed by atoms with Crippen LogP contribution in [0.15, 0.2) is 5.38 Å². The molecule has 4 nitrogen and oxygen atoms in total. The Bertz CT molecular complexity index is 291. The van der Waals surface area contributed by atoms with Crippen molar-refractivity contribution in [2.45, 2.75) is 39.0 Å². The Morgan fingerprint density at radius 2 is 2.44 bits per heavy atom. The molecule has 0 aliphatic heterocycles. The van der Waals surface area contributed by atoms with Gasteiger partial charge in [-0.2, -0.15) is 0 Å². The van der Waals surface area contributed by atoms with Crippen molar-refractivity contribution in [3.8, 4) is 0 Å². The van der Waals surface area contributed by atoms with Gasteiger partial charge in [-0.25, -0.2) is 4.98 Å². The minimum atomic E-state index is 0.234. The molecule has 0 aliphatic rings. The third kappa shape index (κ3) is 4.57. The number of ether oxygens (including phenoxy) is 1. The van der Waals surface area contributed by atoms with Gasteiger partial charge in [0, 0.05) is 31.7 Å². The van der Waals surface area contributed by atoms with Crippen LogP contribution in [0, 0.1) is 0 Å². The molecule has 5 heteroatoms. The second-order valence-corrected chi connectivity index (χ2v) is 4.61. The number of aliphatic hydroxyl groups is 1. The molecule has 0 amide bonds. The second kappa shape index (κ2) is 7.73. The van der Waals surface area contributed by atoms with Crippen molar-refractivity contribution in [2.24, 2.45) is 0 Å². The fourth-order valence-electron chi connectivity index (χ4n) is 1.48. The van der Waals surface area contributed by atoms with Crippen LogP contribution in [0.4, 0.5) is 0 Å². The van der Waals surface area contributed by atoms with E-state index in [2.05, 4.69) is 17.2 Å². The predicted octanol–water partition coefficient (Wildman–Crippen LogP) is 1.54. The van der Waals surface area contributed by atoms with E-state index >= 15 is 0 Å². The van der Waals surface area contributed by atoms with E-state index in [1.807, 2.05) is 5.38 Å². The molecule has 1 rings (SSSR count). The van der Waals surface area contributed by atoms with Gasteiger partial charge in [-0.15, -0.1) is 11.3 Å². The van der Waals surface area contributed by atoms with E-state index in [-0.39, 0.29) is 6.61 Å². The first-order valence-corrected chi connectivity index (χ1v) is 6.44. The molecule has 0 bridgehead atoms. The highest BCUT2D eigenvalue weighted by Gasteiger charge is 2.06. The van der Waals surface area contributed by atoms with Gasteiger partial charge in [-0.1, -0.05) is 6.92 Å². The molecule has 16 heavy (non-hydrogen) atoms. The lowest BCUT2D eigenvalue weighted by molar-refractivity contribution is 0.184. The molecule has 0 fully saturated rings. The molecule has 1 aromatic rings. The lowest BCUT2D eigenvalue weighted by atomic mass is 10.1. The van der Waals surface area contributed by atoms with E-state index in [4.69, 9.17) is 9.84 Å². The van der Waals surface area contributed by atoms with Crippen molar-refractivity contribution in [2.75, 3.05) is 13.7 Å². The first kappa shape index (κ1) is 13.6. The van der Waals surface area contributed by atoms with Gasteiger partial charge in [0.15, 0.2) is 0 Å². The normalized spacial score (nSPS) is 12.9. The summed E-state index contributed by atoms with van der Waals surface area (Å²) in [5.41, 5.74) is 1.05. The number of methoxy groups -OCH3 is 1. The summed E-state index contributed by atoms with van der Waals surface area (Å²) in [6, 6.07) is 0.373. The molecule has 0 aromatic carbocycles. The highest BCUT2D eigenvalue weighted by atomic mass is 32.1. The second-order valence-electron chi connectivity index (χ2n) is 3.66. The first-order chi connectivity index (χ1) is 7.80. The molecule has 1 aromatic heterocycles. The summed E-state index contributed by atoms with van der Waals surface area (Å²) in [6.45, 7) is 3.69. The molecular formula is C11H20N2O2S. The van der Waals surface area contributed by atoms with Crippen molar-refractivity contribution in [3.05, 3.63) is 16.1 Å². The van der Waals surface area contributed by atoms with Crippen LogP contribution in [-0.2, 0) is 17.9 Å². The summed E-state index contributed by atoms with van der Waals surface area (Å²) >= 11 is 1.62. The van der Waals surface area contributed by atoms with Crippen LogP contribution in [0.3, 0.4) is 0 Å². The Kier molecular flexibility index (Phi) is 6.56. The molecule has 92 valence electrons. The molecule has 1 heterocycles. The van der Waals surface area contributed by atoms with Gasteiger partial charge >= 0.3 is 0 Å². The lowest BCUT2D eigenvalue weighted by Crippen LogP contribution is -2.28. The fraction of sp³-hybridized carbons (Fsp3) is 0.727. The van der Waals surface area contributed by atoms with Gasteiger partial charge in [0.25, 0.3) is 0 Å². The van der Waals surface area contributed by atoms with Gasteiger partial charge in [-0.3, -0.25) is 0 Å². The van der Waals surface area contributed by atoms with Gasteiger partial charge in [0.1, 0.15) is 5.01 Å². The van der Waals surface area contributed by atoms with Crippen LogP contribution >= 0.6 is 11.3 Å². The Balaban J connectivity index is 2.34. The van der Waals surface area contributed by atoms with Crippen molar-refractivity contribution >= 4 is 11.3 Å². The van der Waals surface area contributed by atoms with E-state index in [0.29, 0.717) is 12.6 Å². The van der Waals surface area contributed by atoms with Gasteiger partial charge < -0.3 is 15.2 Å². The fourth-order valence-corrected chi connectivity index (χ4v) is 2.24. The monoisotopic (exact) mass is 244 g/mol. The molecule has 1 atom stereocenters. The Morgan fingerprint density at radius 1 is 1.62 bits per heavy atom. The molecule has 1 unspecified atom stereocenters. The molecule has 0 saturated carbocycles. The van der Waals surface area contributed by atoms with E-state index in [0.717, 1.165) is 30.1 Å².